The van der Waals surface area contributed by atoms with E-state index in [0.29, 0.717) is 31.1 Å². The molecule has 3 nitrogen and oxygen atoms in total. The molecule has 2 aromatic carbocycles. The van der Waals surface area contributed by atoms with Crippen molar-refractivity contribution in [2.45, 2.75) is 13.5 Å². The van der Waals surface area contributed by atoms with E-state index < -0.39 is 0 Å². The van der Waals surface area contributed by atoms with Gasteiger partial charge in [-0.25, -0.2) is 0 Å². The largest absolute Gasteiger partial charge is 0.490 e. The van der Waals surface area contributed by atoms with E-state index in [9.17, 15) is 4.79 Å². The number of carbonyl (C=O) groups excluding carboxylic acids is 1. The van der Waals surface area contributed by atoms with E-state index >= 15 is 0 Å². The second kappa shape index (κ2) is 7.96. The fraction of sp³-hybridized carbons (Fsp3) is 0.235. The van der Waals surface area contributed by atoms with Gasteiger partial charge in [-0.15, -0.1) is 0 Å². The Labute approximate surface area is 133 Å². The van der Waals surface area contributed by atoms with Gasteiger partial charge in [0.15, 0.2) is 5.78 Å². The monoisotopic (exact) mass is 348 g/mol. The Bertz CT molecular complexity index is 596. The van der Waals surface area contributed by atoms with Crippen molar-refractivity contribution in [3.05, 3.63) is 64.1 Å². The highest BCUT2D eigenvalue weighted by Crippen LogP contribution is 2.24. The minimum absolute atomic E-state index is 0.0114. The van der Waals surface area contributed by atoms with Crippen LogP contribution in [0.25, 0.3) is 0 Å². The lowest BCUT2D eigenvalue weighted by molar-refractivity contribution is 0.0875. The van der Waals surface area contributed by atoms with E-state index in [1.807, 2.05) is 36.4 Å². The predicted molar refractivity (Wildman–Crippen MR) is 85.7 cm³/mol. The van der Waals surface area contributed by atoms with Crippen molar-refractivity contribution < 1.29 is 14.3 Å². The normalized spacial score (nSPS) is 10.4. The molecule has 0 amide bonds. The van der Waals surface area contributed by atoms with Crippen molar-refractivity contribution >= 4 is 21.7 Å². The summed E-state index contributed by atoms with van der Waals surface area (Å²) in [6, 6.07) is 15.4. The zero-order chi connectivity index (χ0) is 15.1. The third-order valence-corrected chi connectivity index (χ3v) is 3.41. The summed E-state index contributed by atoms with van der Waals surface area (Å²) in [7, 11) is 0. The van der Waals surface area contributed by atoms with Crippen molar-refractivity contribution in [1.82, 2.24) is 0 Å². The molecule has 21 heavy (non-hydrogen) atoms. The first-order valence-electron chi connectivity index (χ1n) is 6.72. The highest BCUT2D eigenvalue weighted by Gasteiger charge is 2.08. The lowest BCUT2D eigenvalue weighted by atomic mass is 10.1. The topological polar surface area (TPSA) is 35.5 Å². The van der Waals surface area contributed by atoms with Crippen molar-refractivity contribution in [2.75, 3.05) is 13.2 Å². The molecule has 0 saturated heterocycles. The fourth-order valence-electron chi connectivity index (χ4n) is 1.88. The summed E-state index contributed by atoms with van der Waals surface area (Å²) in [6.07, 6.45) is 0. The molecule has 0 fully saturated rings. The van der Waals surface area contributed by atoms with Gasteiger partial charge >= 0.3 is 0 Å². The molecule has 0 atom stereocenters. The summed E-state index contributed by atoms with van der Waals surface area (Å²) >= 11 is 3.38. The first-order chi connectivity index (χ1) is 10.2. The number of hydrogen-bond acceptors (Lipinski definition) is 3. The molecule has 0 heterocycles. The van der Waals surface area contributed by atoms with Crippen LogP contribution in [0, 0.1) is 0 Å². The number of hydrogen-bond donors (Lipinski definition) is 0. The second-order valence-electron chi connectivity index (χ2n) is 4.58. The van der Waals surface area contributed by atoms with Gasteiger partial charge in [0, 0.05) is 4.47 Å². The fourth-order valence-corrected chi connectivity index (χ4v) is 2.22. The average Bonchev–Trinajstić information content (AvgIpc) is 2.48. The predicted octanol–water partition coefficient (Wildman–Crippen LogP) is 4.25. The lowest BCUT2D eigenvalue weighted by Crippen LogP contribution is -2.09. The molecule has 0 aliphatic rings. The van der Waals surface area contributed by atoms with Crippen LogP contribution in [-0.4, -0.2) is 19.0 Å². The third kappa shape index (κ3) is 4.99. The third-order valence-electron chi connectivity index (χ3n) is 2.92. The van der Waals surface area contributed by atoms with Crippen molar-refractivity contribution in [1.29, 1.82) is 0 Å². The molecule has 0 N–H and O–H groups in total. The Balaban J connectivity index is 1.81. The van der Waals surface area contributed by atoms with Crippen molar-refractivity contribution in [2.24, 2.45) is 0 Å². The SMILES string of the molecule is CC(=O)c1ccc(Br)cc1OCCOCc1ccccc1. The van der Waals surface area contributed by atoms with Gasteiger partial charge in [-0.05, 0) is 30.7 Å². The summed E-state index contributed by atoms with van der Waals surface area (Å²) in [5, 5.41) is 0. The number of carbonyl (C=O) groups is 1. The van der Waals surface area contributed by atoms with Crippen LogP contribution in [0.1, 0.15) is 22.8 Å². The van der Waals surface area contributed by atoms with E-state index in [0.717, 1.165) is 10.0 Å². The van der Waals surface area contributed by atoms with E-state index in [1.54, 1.807) is 12.1 Å². The van der Waals surface area contributed by atoms with Gasteiger partial charge in [-0.1, -0.05) is 46.3 Å². The number of halogens is 1. The molecule has 0 aromatic heterocycles. The highest BCUT2D eigenvalue weighted by atomic mass is 79.9. The van der Waals surface area contributed by atoms with Crippen molar-refractivity contribution in [3.63, 3.8) is 0 Å². The van der Waals surface area contributed by atoms with Crippen LogP contribution in [0.3, 0.4) is 0 Å². The summed E-state index contributed by atoms with van der Waals surface area (Å²) in [6.45, 7) is 2.96. The van der Waals surface area contributed by atoms with E-state index in [2.05, 4.69) is 15.9 Å². The second-order valence-corrected chi connectivity index (χ2v) is 5.50. The summed E-state index contributed by atoms with van der Waals surface area (Å²) in [5.74, 6) is 0.572. The van der Waals surface area contributed by atoms with Gasteiger partial charge in [0.05, 0.1) is 18.8 Å². The van der Waals surface area contributed by atoms with Gasteiger partial charge in [0.1, 0.15) is 12.4 Å². The average molecular weight is 349 g/mol. The Hall–Kier alpha value is -1.65. The molecule has 2 aromatic rings. The molecule has 0 unspecified atom stereocenters. The Morgan fingerprint density at radius 1 is 1.10 bits per heavy atom. The Morgan fingerprint density at radius 2 is 1.86 bits per heavy atom. The van der Waals surface area contributed by atoms with Crippen LogP contribution in [0.4, 0.5) is 0 Å². The van der Waals surface area contributed by atoms with Gasteiger partial charge in [-0.2, -0.15) is 0 Å². The lowest BCUT2D eigenvalue weighted by Gasteiger charge is -2.10. The van der Waals surface area contributed by atoms with E-state index in [-0.39, 0.29) is 5.78 Å². The van der Waals surface area contributed by atoms with Crippen molar-refractivity contribution in [3.8, 4) is 5.75 Å². The van der Waals surface area contributed by atoms with Gasteiger partial charge in [0.2, 0.25) is 0 Å². The molecular formula is C17H17BrO3. The highest BCUT2D eigenvalue weighted by molar-refractivity contribution is 9.10. The Morgan fingerprint density at radius 3 is 2.57 bits per heavy atom. The van der Waals surface area contributed by atoms with Crippen LogP contribution < -0.4 is 4.74 Å². The molecule has 0 bridgehead atoms. The van der Waals surface area contributed by atoms with E-state index in [4.69, 9.17) is 9.47 Å². The number of Topliss-reactive ketones (excluding diaryl/α,β-unsaturated/α-hetero) is 1. The van der Waals surface area contributed by atoms with Crippen LogP contribution in [0.5, 0.6) is 5.75 Å². The zero-order valence-electron chi connectivity index (χ0n) is 11.8. The summed E-state index contributed by atoms with van der Waals surface area (Å²) < 4.78 is 12.1. The van der Waals surface area contributed by atoms with Crippen LogP contribution >= 0.6 is 15.9 Å². The smallest absolute Gasteiger partial charge is 0.163 e. The maximum Gasteiger partial charge on any atom is 0.163 e. The first kappa shape index (κ1) is 15.7. The van der Waals surface area contributed by atoms with Crippen LogP contribution in [-0.2, 0) is 11.3 Å². The minimum atomic E-state index is -0.0114. The van der Waals surface area contributed by atoms with E-state index in [1.165, 1.54) is 6.92 Å². The molecule has 0 spiro atoms. The first-order valence-corrected chi connectivity index (χ1v) is 7.51. The quantitative estimate of drug-likeness (QED) is 0.554. The van der Waals surface area contributed by atoms with Gasteiger partial charge < -0.3 is 9.47 Å². The molecule has 2 rings (SSSR count). The van der Waals surface area contributed by atoms with Gasteiger partial charge in [-0.3, -0.25) is 4.79 Å². The van der Waals surface area contributed by atoms with Crippen LogP contribution in [0.2, 0.25) is 0 Å². The number of ether oxygens (including phenoxy) is 2. The summed E-state index contributed by atoms with van der Waals surface area (Å²) in [4.78, 5) is 11.5. The maximum absolute atomic E-state index is 11.5. The molecule has 0 aliphatic carbocycles. The molecule has 0 aliphatic heterocycles. The Kier molecular flexibility index (Phi) is 5.96. The molecule has 110 valence electrons. The standard InChI is InChI=1S/C17H17BrO3/c1-13(19)16-8-7-15(18)11-17(16)21-10-9-20-12-14-5-3-2-4-6-14/h2-8,11H,9-10,12H2,1H3. The number of benzene rings is 2. The molecule has 4 heteroatoms. The maximum atomic E-state index is 11.5. The molecule has 0 saturated carbocycles. The van der Waals surface area contributed by atoms with Crippen LogP contribution in [0.15, 0.2) is 53.0 Å². The van der Waals surface area contributed by atoms with Gasteiger partial charge in [0.25, 0.3) is 0 Å². The summed E-state index contributed by atoms with van der Waals surface area (Å²) in [5.41, 5.74) is 1.71. The molecule has 0 radical (unpaired) electrons. The number of rotatable bonds is 7. The zero-order valence-corrected chi connectivity index (χ0v) is 13.4. The molecular weight excluding hydrogens is 332 g/mol. The number of ketones is 1. The minimum Gasteiger partial charge on any atom is -0.490 e.